The highest BCUT2D eigenvalue weighted by Crippen LogP contribution is 2.37. The molecule has 0 fully saturated rings. The Kier molecular flexibility index (Phi) is 5.29. The maximum atomic E-state index is 13.4. The zero-order valence-corrected chi connectivity index (χ0v) is 16.6. The Bertz CT molecular complexity index is 1370. The van der Waals surface area contributed by atoms with Crippen LogP contribution in [0, 0.1) is 5.95 Å². The quantitative estimate of drug-likeness (QED) is 0.275. The van der Waals surface area contributed by atoms with Gasteiger partial charge < -0.3 is 9.84 Å². The third-order valence-electron chi connectivity index (χ3n) is 4.93. The van der Waals surface area contributed by atoms with Gasteiger partial charge in [0, 0.05) is 23.4 Å². The first-order valence-corrected chi connectivity index (χ1v) is 9.31. The van der Waals surface area contributed by atoms with Gasteiger partial charge in [-0.05, 0) is 36.4 Å². The molecule has 4 rings (SSSR count). The third-order valence-corrected chi connectivity index (χ3v) is 4.93. The lowest BCUT2D eigenvalue weighted by Crippen LogP contribution is -2.44. The van der Waals surface area contributed by atoms with E-state index in [4.69, 9.17) is 4.74 Å². The predicted octanol–water partition coefficient (Wildman–Crippen LogP) is 2.94. The van der Waals surface area contributed by atoms with Gasteiger partial charge in [0.1, 0.15) is 17.9 Å². The first kappa shape index (κ1) is 21.3. The fourth-order valence-corrected chi connectivity index (χ4v) is 3.42. The summed E-state index contributed by atoms with van der Waals surface area (Å²) in [4.78, 5) is 16.7. The maximum Gasteiger partial charge on any atom is 0.416 e. The number of halogens is 4. The van der Waals surface area contributed by atoms with Gasteiger partial charge in [-0.15, -0.1) is 0 Å². The molecule has 164 valence electrons. The monoisotopic (exact) mass is 445 g/mol. The molecule has 3 aromatic heterocycles. The van der Waals surface area contributed by atoms with Crippen LogP contribution in [-0.4, -0.2) is 16.5 Å². The first-order valence-electron chi connectivity index (χ1n) is 9.31. The van der Waals surface area contributed by atoms with Crippen LogP contribution >= 0.6 is 0 Å². The Morgan fingerprint density at radius 2 is 1.94 bits per heavy atom. The van der Waals surface area contributed by atoms with Crippen LogP contribution in [0.3, 0.4) is 0 Å². The number of aromatic nitrogens is 3. The Hall–Kier alpha value is -3.95. The molecule has 0 atom stereocenters. The summed E-state index contributed by atoms with van der Waals surface area (Å²) in [5, 5.41) is 13.4. The van der Waals surface area contributed by atoms with Crippen molar-refractivity contribution in [1.82, 2.24) is 9.38 Å². The van der Waals surface area contributed by atoms with Crippen molar-refractivity contribution in [3.05, 3.63) is 88.4 Å². The summed E-state index contributed by atoms with van der Waals surface area (Å²) < 4.78 is 60.7. The molecule has 4 aromatic rings. The van der Waals surface area contributed by atoms with Crippen LogP contribution in [-0.2, 0) is 12.7 Å². The molecular formula is C22H15F4N3O3. The molecule has 0 amide bonds. The van der Waals surface area contributed by atoms with Gasteiger partial charge in [-0.3, -0.25) is 0 Å². The predicted molar refractivity (Wildman–Crippen MR) is 104 cm³/mol. The first-order chi connectivity index (χ1) is 15.2. The number of rotatable bonds is 4. The fourth-order valence-electron chi connectivity index (χ4n) is 3.42. The molecular weight excluding hydrogens is 430 g/mol. The summed E-state index contributed by atoms with van der Waals surface area (Å²) in [6, 6.07) is 9.81. The SMILES string of the molecule is COc1ccc(C(F)(F)F)cc1-c1c([O-])[n+](Cc2ccc(F)nc2)c2ccccn2c1=O. The molecule has 3 heterocycles. The average Bonchev–Trinajstić information content (AvgIpc) is 2.77. The standard InChI is InChI=1S/C22H15F4N3O3/c1-32-16-7-6-14(22(24,25)26)10-15(16)19-20(30)28-9-3-2-4-18(28)29(21(19)31)12-13-5-8-17(23)27-11-13/h2-11H,12H2,1H3. The Morgan fingerprint density at radius 3 is 2.59 bits per heavy atom. The highest BCUT2D eigenvalue weighted by Gasteiger charge is 2.32. The number of alkyl halides is 3. The van der Waals surface area contributed by atoms with Crippen LogP contribution in [0.15, 0.2) is 65.7 Å². The van der Waals surface area contributed by atoms with Crippen LogP contribution in [0.4, 0.5) is 17.6 Å². The maximum absolute atomic E-state index is 13.4. The van der Waals surface area contributed by atoms with E-state index in [2.05, 4.69) is 4.98 Å². The van der Waals surface area contributed by atoms with Crippen molar-refractivity contribution in [3.8, 4) is 22.8 Å². The normalized spacial score (nSPS) is 11.7. The van der Waals surface area contributed by atoms with Gasteiger partial charge in [0.05, 0.1) is 24.8 Å². The number of fused-ring (bicyclic) bond motifs is 1. The lowest BCUT2D eigenvalue weighted by Gasteiger charge is -2.19. The van der Waals surface area contributed by atoms with Crippen molar-refractivity contribution in [2.45, 2.75) is 12.7 Å². The average molecular weight is 445 g/mol. The molecule has 6 nitrogen and oxygen atoms in total. The lowest BCUT2D eigenvalue weighted by molar-refractivity contribution is -0.708. The van der Waals surface area contributed by atoms with Crippen LogP contribution in [0.5, 0.6) is 11.6 Å². The molecule has 0 N–H and O–H groups in total. The van der Waals surface area contributed by atoms with Gasteiger partial charge in [0.2, 0.25) is 5.95 Å². The Morgan fingerprint density at radius 1 is 1.16 bits per heavy atom. The number of pyridine rings is 2. The third kappa shape index (κ3) is 3.75. The molecule has 0 saturated heterocycles. The summed E-state index contributed by atoms with van der Waals surface area (Å²) >= 11 is 0. The number of benzene rings is 1. The second-order valence-electron chi connectivity index (χ2n) is 6.90. The van der Waals surface area contributed by atoms with Crippen molar-refractivity contribution in [3.63, 3.8) is 0 Å². The molecule has 0 aliphatic heterocycles. The summed E-state index contributed by atoms with van der Waals surface area (Å²) in [5.41, 5.74) is -1.91. The minimum atomic E-state index is -4.69. The summed E-state index contributed by atoms with van der Waals surface area (Å²) in [6.07, 6.45) is -2.05. The fraction of sp³-hybridized carbons (Fsp3) is 0.136. The van der Waals surface area contributed by atoms with Gasteiger partial charge in [-0.2, -0.15) is 22.0 Å². The molecule has 0 saturated carbocycles. The van der Waals surface area contributed by atoms with Gasteiger partial charge >= 0.3 is 11.7 Å². The second kappa shape index (κ2) is 7.95. The van der Waals surface area contributed by atoms with Gasteiger partial charge in [-0.1, -0.05) is 6.07 Å². The van der Waals surface area contributed by atoms with E-state index in [-0.39, 0.29) is 23.5 Å². The molecule has 0 unspecified atom stereocenters. The Balaban J connectivity index is 2.03. The van der Waals surface area contributed by atoms with E-state index in [9.17, 15) is 27.5 Å². The van der Waals surface area contributed by atoms with Crippen LogP contribution in [0.25, 0.3) is 16.8 Å². The van der Waals surface area contributed by atoms with E-state index in [1.54, 1.807) is 12.1 Å². The highest BCUT2D eigenvalue weighted by atomic mass is 19.4. The van der Waals surface area contributed by atoms with E-state index < -0.39 is 34.7 Å². The number of ether oxygens (including phenoxy) is 1. The van der Waals surface area contributed by atoms with Crippen molar-refractivity contribution < 1.29 is 32.0 Å². The van der Waals surface area contributed by atoms with E-state index in [1.807, 2.05) is 0 Å². The van der Waals surface area contributed by atoms with Gasteiger partial charge in [-0.25, -0.2) is 14.3 Å². The molecule has 0 aliphatic carbocycles. The topological polar surface area (TPSA) is 70.5 Å². The van der Waals surface area contributed by atoms with Gasteiger partial charge in [0.15, 0.2) is 0 Å². The van der Waals surface area contributed by atoms with E-state index in [1.165, 1.54) is 36.2 Å². The van der Waals surface area contributed by atoms with E-state index >= 15 is 0 Å². The van der Waals surface area contributed by atoms with Crippen molar-refractivity contribution in [1.29, 1.82) is 0 Å². The highest BCUT2D eigenvalue weighted by molar-refractivity contribution is 5.74. The van der Waals surface area contributed by atoms with Crippen molar-refractivity contribution in [2.24, 2.45) is 0 Å². The number of methoxy groups -OCH3 is 1. The second-order valence-corrected chi connectivity index (χ2v) is 6.90. The molecule has 10 heteroatoms. The zero-order chi connectivity index (χ0) is 23.0. The molecule has 0 radical (unpaired) electrons. The van der Waals surface area contributed by atoms with Gasteiger partial charge in [0.25, 0.3) is 5.65 Å². The molecule has 0 aliphatic rings. The lowest BCUT2D eigenvalue weighted by atomic mass is 10.0. The van der Waals surface area contributed by atoms with Crippen LogP contribution in [0.1, 0.15) is 11.1 Å². The number of hydrogen-bond acceptors (Lipinski definition) is 4. The van der Waals surface area contributed by atoms with Crippen LogP contribution in [0.2, 0.25) is 0 Å². The largest absolute Gasteiger partial charge is 0.842 e. The molecule has 0 spiro atoms. The zero-order valence-electron chi connectivity index (χ0n) is 16.6. The Labute approximate surface area is 178 Å². The van der Waals surface area contributed by atoms with Crippen LogP contribution < -0.4 is 20.0 Å². The molecule has 1 aromatic carbocycles. The summed E-state index contributed by atoms with van der Waals surface area (Å²) in [6.45, 7) is -0.0891. The molecule has 0 bridgehead atoms. The smallest absolute Gasteiger partial charge is 0.416 e. The van der Waals surface area contributed by atoms with Crippen molar-refractivity contribution >= 4 is 5.65 Å². The number of nitrogens with zero attached hydrogens (tertiary/aromatic N) is 3. The van der Waals surface area contributed by atoms with E-state index in [0.29, 0.717) is 5.56 Å². The molecule has 32 heavy (non-hydrogen) atoms. The summed E-state index contributed by atoms with van der Waals surface area (Å²) in [7, 11) is 1.23. The minimum Gasteiger partial charge on any atom is -0.842 e. The summed E-state index contributed by atoms with van der Waals surface area (Å²) in [5.74, 6) is -1.58. The minimum absolute atomic E-state index is 0.0573. The van der Waals surface area contributed by atoms with E-state index in [0.717, 1.165) is 28.7 Å². The van der Waals surface area contributed by atoms with Crippen molar-refractivity contribution in [2.75, 3.05) is 7.11 Å². The number of hydrogen-bond donors (Lipinski definition) is 0.